The van der Waals surface area contributed by atoms with Crippen LogP contribution >= 0.6 is 0 Å². The van der Waals surface area contributed by atoms with E-state index in [0.29, 0.717) is 13.0 Å². The number of hydrogen-bond acceptors (Lipinski definition) is 3. The van der Waals surface area contributed by atoms with Gasteiger partial charge in [-0.05, 0) is 18.6 Å². The molecule has 0 aliphatic carbocycles. The molecule has 1 aliphatic heterocycles. The Morgan fingerprint density at radius 3 is 2.94 bits per heavy atom. The van der Waals surface area contributed by atoms with E-state index in [2.05, 4.69) is 4.98 Å². The zero-order valence-electron chi connectivity index (χ0n) is 9.01. The van der Waals surface area contributed by atoms with E-state index in [0.717, 1.165) is 0 Å². The Bertz CT molecular complexity index is 426. The molecule has 0 radical (unpaired) electrons. The Labute approximate surface area is 96.9 Å². The second-order valence-corrected chi connectivity index (χ2v) is 4.01. The van der Waals surface area contributed by atoms with E-state index < -0.39 is 18.3 Å². The fraction of sp³-hybridized carbons (Fsp3) is 0.455. The maximum Gasteiger partial charge on any atom is 0.339 e. The zero-order valence-corrected chi connectivity index (χ0v) is 9.01. The van der Waals surface area contributed by atoms with Gasteiger partial charge in [0, 0.05) is 25.2 Å². The predicted octanol–water partition coefficient (Wildman–Crippen LogP) is 1.87. The lowest BCUT2D eigenvalue weighted by molar-refractivity contribution is 0.0697. The van der Waals surface area contributed by atoms with Crippen molar-refractivity contribution >= 4 is 11.8 Å². The van der Waals surface area contributed by atoms with Gasteiger partial charge in [-0.25, -0.2) is 18.6 Å². The molecule has 4 nitrogen and oxygen atoms in total. The van der Waals surface area contributed by atoms with Crippen LogP contribution in [0.5, 0.6) is 0 Å². The number of halogens is 2. The normalized spacial score (nSPS) is 19.9. The van der Waals surface area contributed by atoms with E-state index in [1.54, 1.807) is 4.90 Å². The number of hydrogen-bond donors (Lipinski definition) is 1. The largest absolute Gasteiger partial charge is 0.478 e. The van der Waals surface area contributed by atoms with Gasteiger partial charge in [-0.15, -0.1) is 0 Å². The summed E-state index contributed by atoms with van der Waals surface area (Å²) in [6.07, 6.45) is -0.526. The van der Waals surface area contributed by atoms with Gasteiger partial charge in [0.05, 0.1) is 0 Å². The van der Waals surface area contributed by atoms with Crippen LogP contribution in [-0.4, -0.2) is 35.6 Å². The van der Waals surface area contributed by atoms with Gasteiger partial charge in [0.15, 0.2) is 0 Å². The first-order valence-corrected chi connectivity index (χ1v) is 5.31. The maximum absolute atomic E-state index is 12.5. The molecule has 1 fully saturated rings. The summed E-state index contributed by atoms with van der Waals surface area (Å²) in [7, 11) is 0. The Morgan fingerprint density at radius 2 is 2.35 bits per heavy atom. The monoisotopic (exact) mass is 242 g/mol. The molecule has 0 amide bonds. The van der Waals surface area contributed by atoms with Gasteiger partial charge in [-0.2, -0.15) is 0 Å². The van der Waals surface area contributed by atoms with Crippen molar-refractivity contribution in [1.29, 1.82) is 0 Å². The summed E-state index contributed by atoms with van der Waals surface area (Å²) in [4.78, 5) is 16.6. The summed E-state index contributed by atoms with van der Waals surface area (Å²) >= 11 is 0. The van der Waals surface area contributed by atoms with Crippen LogP contribution in [0, 0.1) is 5.92 Å². The van der Waals surface area contributed by atoms with Crippen molar-refractivity contribution in [2.75, 3.05) is 18.0 Å². The third-order valence-electron chi connectivity index (χ3n) is 2.90. The van der Waals surface area contributed by atoms with Gasteiger partial charge < -0.3 is 10.0 Å². The molecule has 1 saturated heterocycles. The number of aromatic nitrogens is 1. The van der Waals surface area contributed by atoms with Crippen LogP contribution in [0.15, 0.2) is 18.3 Å². The number of carboxylic acids is 1. The molecular formula is C11H12F2N2O2. The van der Waals surface area contributed by atoms with Gasteiger partial charge >= 0.3 is 5.97 Å². The van der Waals surface area contributed by atoms with Crippen molar-refractivity contribution in [2.45, 2.75) is 12.8 Å². The highest BCUT2D eigenvalue weighted by atomic mass is 19.3. The van der Waals surface area contributed by atoms with Crippen LogP contribution in [0.4, 0.5) is 14.6 Å². The molecule has 0 bridgehead atoms. The van der Waals surface area contributed by atoms with Gasteiger partial charge in [0.2, 0.25) is 6.43 Å². The summed E-state index contributed by atoms with van der Waals surface area (Å²) < 4.78 is 25.0. The first kappa shape index (κ1) is 11.8. The Kier molecular flexibility index (Phi) is 3.21. The third kappa shape index (κ3) is 2.35. The topological polar surface area (TPSA) is 53.4 Å². The van der Waals surface area contributed by atoms with E-state index in [-0.39, 0.29) is 17.9 Å². The smallest absolute Gasteiger partial charge is 0.339 e. The van der Waals surface area contributed by atoms with E-state index >= 15 is 0 Å². The number of alkyl halides is 2. The molecule has 0 saturated carbocycles. The van der Waals surface area contributed by atoms with Crippen molar-refractivity contribution in [3.63, 3.8) is 0 Å². The van der Waals surface area contributed by atoms with Crippen molar-refractivity contribution < 1.29 is 18.7 Å². The van der Waals surface area contributed by atoms with Crippen molar-refractivity contribution in [1.82, 2.24) is 4.98 Å². The highest BCUT2D eigenvalue weighted by Gasteiger charge is 2.31. The minimum Gasteiger partial charge on any atom is -0.478 e. The second kappa shape index (κ2) is 4.65. The number of pyridine rings is 1. The molecule has 1 aliphatic rings. The van der Waals surface area contributed by atoms with Crippen molar-refractivity contribution in [3.8, 4) is 0 Å². The zero-order chi connectivity index (χ0) is 12.4. The molecule has 0 aromatic carbocycles. The molecule has 1 N–H and O–H groups in total. The van der Waals surface area contributed by atoms with Crippen LogP contribution in [-0.2, 0) is 0 Å². The molecule has 2 rings (SSSR count). The van der Waals surface area contributed by atoms with Gasteiger partial charge in [0.1, 0.15) is 11.4 Å². The first-order chi connectivity index (χ1) is 8.09. The molecule has 1 aromatic heterocycles. The van der Waals surface area contributed by atoms with E-state index in [9.17, 15) is 13.6 Å². The number of carboxylic acid groups (broad SMARTS) is 1. The molecule has 0 spiro atoms. The highest BCUT2D eigenvalue weighted by Crippen LogP contribution is 2.28. The molecule has 2 heterocycles. The SMILES string of the molecule is O=C(O)c1cccnc1N1CC[C@@H](C(F)F)C1. The number of carbonyl (C=O) groups is 1. The van der Waals surface area contributed by atoms with Gasteiger partial charge in [-0.1, -0.05) is 0 Å². The minimum absolute atomic E-state index is 0.0578. The molecule has 1 atom stereocenters. The van der Waals surface area contributed by atoms with E-state index in [1.165, 1.54) is 18.3 Å². The number of aromatic carboxylic acids is 1. The lowest BCUT2D eigenvalue weighted by Crippen LogP contribution is -2.24. The average Bonchev–Trinajstić information content (AvgIpc) is 2.78. The molecule has 17 heavy (non-hydrogen) atoms. The van der Waals surface area contributed by atoms with E-state index in [4.69, 9.17) is 5.11 Å². The minimum atomic E-state index is -2.36. The number of anilines is 1. The van der Waals surface area contributed by atoms with Crippen LogP contribution in [0.25, 0.3) is 0 Å². The van der Waals surface area contributed by atoms with Crippen LogP contribution in [0.1, 0.15) is 16.8 Å². The molecule has 1 aromatic rings. The standard InChI is InChI=1S/C11H12F2N2O2/c12-9(13)7-3-5-15(6-7)10-8(11(16)17)2-1-4-14-10/h1-2,4,7,9H,3,5-6H2,(H,16,17)/t7-/m1/s1. The fourth-order valence-corrected chi connectivity index (χ4v) is 2.00. The fourth-order valence-electron chi connectivity index (χ4n) is 2.00. The van der Waals surface area contributed by atoms with Gasteiger partial charge in [0.25, 0.3) is 0 Å². The van der Waals surface area contributed by atoms with Crippen LogP contribution < -0.4 is 4.90 Å². The van der Waals surface area contributed by atoms with Crippen LogP contribution in [0.3, 0.4) is 0 Å². The number of nitrogens with zero attached hydrogens (tertiary/aromatic N) is 2. The maximum atomic E-state index is 12.5. The van der Waals surface area contributed by atoms with Crippen molar-refractivity contribution in [3.05, 3.63) is 23.9 Å². The summed E-state index contributed by atoms with van der Waals surface area (Å²) in [5.74, 6) is -1.50. The van der Waals surface area contributed by atoms with Gasteiger partial charge in [-0.3, -0.25) is 0 Å². The molecule has 0 unspecified atom stereocenters. The molecule has 92 valence electrons. The molecular weight excluding hydrogens is 230 g/mol. The van der Waals surface area contributed by atoms with Crippen molar-refractivity contribution in [2.24, 2.45) is 5.92 Å². The first-order valence-electron chi connectivity index (χ1n) is 5.31. The predicted molar refractivity (Wildman–Crippen MR) is 57.5 cm³/mol. The second-order valence-electron chi connectivity index (χ2n) is 4.01. The summed E-state index contributed by atoms with van der Waals surface area (Å²) in [5.41, 5.74) is 0.0578. The summed E-state index contributed by atoms with van der Waals surface area (Å²) in [6.45, 7) is 0.585. The Hall–Kier alpha value is -1.72. The lowest BCUT2D eigenvalue weighted by Gasteiger charge is -2.19. The quantitative estimate of drug-likeness (QED) is 0.879. The highest BCUT2D eigenvalue weighted by molar-refractivity contribution is 5.93. The third-order valence-corrected chi connectivity index (χ3v) is 2.90. The summed E-state index contributed by atoms with van der Waals surface area (Å²) in [5, 5.41) is 8.99. The Balaban J connectivity index is 2.21. The van der Waals surface area contributed by atoms with Crippen LogP contribution in [0.2, 0.25) is 0 Å². The lowest BCUT2D eigenvalue weighted by atomic mass is 10.1. The number of rotatable bonds is 3. The van der Waals surface area contributed by atoms with E-state index in [1.807, 2.05) is 0 Å². The summed E-state index contributed by atoms with van der Waals surface area (Å²) in [6, 6.07) is 2.95. The molecule has 6 heteroatoms. The Morgan fingerprint density at radius 1 is 1.59 bits per heavy atom. The average molecular weight is 242 g/mol.